The summed E-state index contributed by atoms with van der Waals surface area (Å²) in [5, 5.41) is 41.1. The van der Waals surface area contributed by atoms with Gasteiger partial charge in [0.2, 0.25) is 0 Å². The number of carbonyl (C=O) groups is 2. The summed E-state index contributed by atoms with van der Waals surface area (Å²) in [7, 11) is 2.55. The standard InChI is InChI=1S/C29H22O8/c1-36-27(34)15-3-7-19-20-8-4-16(28(35)37-2)12-22(20)29(21(19)11-15,17-5-9-23(30)25(32)13-17)18-6-10-24(31)26(33)14-18/h3-14,30-33H,1-2H3. The van der Waals surface area contributed by atoms with Crippen LogP contribution in [0.5, 0.6) is 23.0 Å². The lowest BCUT2D eigenvalue weighted by Crippen LogP contribution is -2.29. The van der Waals surface area contributed by atoms with Gasteiger partial charge in [-0.3, -0.25) is 0 Å². The van der Waals surface area contributed by atoms with E-state index in [4.69, 9.17) is 9.47 Å². The van der Waals surface area contributed by atoms with E-state index in [9.17, 15) is 30.0 Å². The average molecular weight is 498 g/mol. The summed E-state index contributed by atoms with van der Waals surface area (Å²) in [4.78, 5) is 25.0. The molecule has 0 spiro atoms. The number of rotatable bonds is 4. The minimum Gasteiger partial charge on any atom is -0.504 e. The fourth-order valence-corrected chi connectivity index (χ4v) is 5.12. The highest BCUT2D eigenvalue weighted by Gasteiger charge is 2.47. The monoisotopic (exact) mass is 498 g/mol. The van der Waals surface area contributed by atoms with Crippen LogP contribution in [-0.2, 0) is 14.9 Å². The second-order valence-corrected chi connectivity index (χ2v) is 8.66. The Balaban J connectivity index is 1.98. The Morgan fingerprint density at radius 2 is 0.973 bits per heavy atom. The predicted octanol–water partition coefficient (Wildman–Crippen LogP) is 4.45. The van der Waals surface area contributed by atoms with E-state index in [1.54, 1.807) is 48.5 Å². The summed E-state index contributed by atoms with van der Waals surface area (Å²) in [5.41, 5.74) is 2.84. The number of fused-ring (bicyclic) bond motifs is 3. The molecular weight excluding hydrogens is 476 g/mol. The van der Waals surface area contributed by atoms with Gasteiger partial charge in [-0.1, -0.05) is 24.3 Å². The maximum atomic E-state index is 12.5. The first-order chi connectivity index (χ1) is 17.7. The third kappa shape index (κ3) is 3.45. The highest BCUT2D eigenvalue weighted by molar-refractivity contribution is 5.96. The lowest BCUT2D eigenvalue weighted by molar-refractivity contribution is 0.0592. The van der Waals surface area contributed by atoms with Crippen molar-refractivity contribution in [3.63, 3.8) is 0 Å². The molecule has 4 N–H and O–H groups in total. The number of esters is 2. The maximum Gasteiger partial charge on any atom is 0.337 e. The lowest BCUT2D eigenvalue weighted by Gasteiger charge is -2.34. The van der Waals surface area contributed by atoms with Crippen molar-refractivity contribution < 1.29 is 39.5 Å². The average Bonchev–Trinajstić information content (AvgIpc) is 3.20. The zero-order valence-corrected chi connectivity index (χ0v) is 19.9. The molecule has 186 valence electrons. The van der Waals surface area contributed by atoms with Crippen LogP contribution in [0, 0.1) is 0 Å². The second-order valence-electron chi connectivity index (χ2n) is 8.66. The Bertz CT molecular complexity index is 1470. The van der Waals surface area contributed by atoms with Gasteiger partial charge in [-0.2, -0.15) is 0 Å². The predicted molar refractivity (Wildman–Crippen MR) is 133 cm³/mol. The van der Waals surface area contributed by atoms with E-state index < -0.39 is 17.4 Å². The number of phenols is 4. The number of methoxy groups -OCH3 is 2. The summed E-state index contributed by atoms with van der Waals surface area (Å²) >= 11 is 0. The summed E-state index contributed by atoms with van der Waals surface area (Å²) in [5.74, 6) is -2.57. The van der Waals surface area contributed by atoms with Crippen molar-refractivity contribution in [3.05, 3.63) is 106 Å². The van der Waals surface area contributed by atoms with Crippen LogP contribution in [0.4, 0.5) is 0 Å². The molecule has 0 bridgehead atoms. The largest absolute Gasteiger partial charge is 0.504 e. The van der Waals surface area contributed by atoms with Crippen molar-refractivity contribution in [1.29, 1.82) is 0 Å². The molecule has 0 saturated heterocycles. The van der Waals surface area contributed by atoms with Gasteiger partial charge < -0.3 is 29.9 Å². The molecule has 0 aromatic heterocycles. The van der Waals surface area contributed by atoms with E-state index >= 15 is 0 Å². The van der Waals surface area contributed by atoms with Crippen molar-refractivity contribution in [1.82, 2.24) is 0 Å². The topological polar surface area (TPSA) is 134 Å². The first-order valence-electron chi connectivity index (χ1n) is 11.2. The van der Waals surface area contributed by atoms with Gasteiger partial charge >= 0.3 is 11.9 Å². The normalized spacial score (nSPS) is 12.9. The van der Waals surface area contributed by atoms with Crippen LogP contribution in [-0.4, -0.2) is 46.6 Å². The fourth-order valence-electron chi connectivity index (χ4n) is 5.12. The van der Waals surface area contributed by atoms with E-state index in [-0.39, 0.29) is 34.1 Å². The van der Waals surface area contributed by atoms with Gasteiger partial charge in [0.15, 0.2) is 23.0 Å². The molecule has 0 atom stereocenters. The zero-order chi connectivity index (χ0) is 26.5. The third-order valence-electron chi connectivity index (χ3n) is 6.80. The molecule has 4 aromatic rings. The zero-order valence-electron chi connectivity index (χ0n) is 19.9. The van der Waals surface area contributed by atoms with Crippen molar-refractivity contribution in [2.75, 3.05) is 14.2 Å². The van der Waals surface area contributed by atoms with E-state index in [0.29, 0.717) is 22.3 Å². The Kier molecular flexibility index (Phi) is 5.52. The van der Waals surface area contributed by atoms with Gasteiger partial charge in [-0.15, -0.1) is 0 Å². The molecule has 37 heavy (non-hydrogen) atoms. The number of hydrogen-bond donors (Lipinski definition) is 4. The molecule has 4 aromatic carbocycles. The second kappa shape index (κ2) is 8.60. The highest BCUT2D eigenvalue weighted by atomic mass is 16.5. The number of carbonyl (C=O) groups excluding carboxylic acids is 2. The molecule has 0 fully saturated rings. The minimum atomic E-state index is -1.30. The SMILES string of the molecule is COC(=O)c1ccc2c(c1)C(c1ccc(O)c(O)c1)(c1ccc(O)c(O)c1)c1cc(C(=O)OC)ccc1-2. The number of aromatic hydroxyl groups is 4. The van der Waals surface area contributed by atoms with Gasteiger partial charge in [-0.05, 0) is 81.9 Å². The van der Waals surface area contributed by atoms with Crippen molar-refractivity contribution >= 4 is 11.9 Å². The van der Waals surface area contributed by atoms with E-state index in [0.717, 1.165) is 11.1 Å². The van der Waals surface area contributed by atoms with E-state index in [1.807, 2.05) is 0 Å². The summed E-state index contributed by atoms with van der Waals surface area (Å²) in [6.45, 7) is 0. The molecule has 5 rings (SSSR count). The van der Waals surface area contributed by atoms with Crippen LogP contribution in [0.15, 0.2) is 72.8 Å². The maximum absolute atomic E-state index is 12.5. The lowest BCUT2D eigenvalue weighted by atomic mass is 9.67. The van der Waals surface area contributed by atoms with Crippen molar-refractivity contribution in [3.8, 4) is 34.1 Å². The van der Waals surface area contributed by atoms with Crippen LogP contribution < -0.4 is 0 Å². The van der Waals surface area contributed by atoms with Crippen LogP contribution in [0.2, 0.25) is 0 Å². The van der Waals surface area contributed by atoms with E-state index in [2.05, 4.69) is 0 Å². The Hall–Kier alpha value is -4.98. The molecular formula is C29H22O8. The fraction of sp³-hybridized carbons (Fsp3) is 0.103. The molecule has 8 nitrogen and oxygen atoms in total. The number of benzene rings is 4. The van der Waals surface area contributed by atoms with Crippen molar-refractivity contribution in [2.24, 2.45) is 0 Å². The van der Waals surface area contributed by atoms with Crippen LogP contribution in [0.3, 0.4) is 0 Å². The van der Waals surface area contributed by atoms with Gasteiger partial charge in [-0.25, -0.2) is 9.59 Å². The first-order valence-corrected chi connectivity index (χ1v) is 11.2. The minimum absolute atomic E-state index is 0.262. The molecule has 0 saturated carbocycles. The van der Waals surface area contributed by atoms with Gasteiger partial charge in [0.25, 0.3) is 0 Å². The molecule has 0 amide bonds. The Labute approximate surface area is 211 Å². The van der Waals surface area contributed by atoms with E-state index in [1.165, 1.54) is 38.5 Å². The smallest absolute Gasteiger partial charge is 0.337 e. The van der Waals surface area contributed by atoms with Crippen LogP contribution in [0.25, 0.3) is 11.1 Å². The van der Waals surface area contributed by atoms with Gasteiger partial charge in [0.05, 0.1) is 30.8 Å². The molecule has 8 heteroatoms. The quantitative estimate of drug-likeness (QED) is 0.211. The molecule has 1 aliphatic carbocycles. The number of ether oxygens (including phenoxy) is 2. The van der Waals surface area contributed by atoms with Crippen LogP contribution >= 0.6 is 0 Å². The summed E-state index contributed by atoms with van der Waals surface area (Å²) < 4.78 is 9.88. The molecule has 0 aliphatic heterocycles. The Morgan fingerprint density at radius 3 is 1.32 bits per heavy atom. The highest BCUT2D eigenvalue weighted by Crippen LogP contribution is 2.57. The third-order valence-corrected chi connectivity index (χ3v) is 6.80. The first kappa shape index (κ1) is 23.7. The molecule has 0 unspecified atom stereocenters. The molecule has 1 aliphatic rings. The summed E-state index contributed by atoms with van der Waals surface area (Å²) in [6.07, 6.45) is 0. The van der Waals surface area contributed by atoms with Gasteiger partial charge in [0.1, 0.15) is 0 Å². The van der Waals surface area contributed by atoms with Gasteiger partial charge in [0, 0.05) is 0 Å². The molecule has 0 heterocycles. The van der Waals surface area contributed by atoms with Crippen LogP contribution in [0.1, 0.15) is 43.0 Å². The Morgan fingerprint density at radius 1 is 0.568 bits per heavy atom. The molecule has 0 radical (unpaired) electrons. The number of hydrogen-bond acceptors (Lipinski definition) is 8. The summed E-state index contributed by atoms with van der Waals surface area (Å²) in [6, 6.07) is 18.7. The number of phenolic OH excluding ortho intramolecular Hbond substituents is 4. The van der Waals surface area contributed by atoms with Crippen molar-refractivity contribution in [2.45, 2.75) is 5.41 Å².